The average molecular weight is 374 g/mol. The first kappa shape index (κ1) is 20.4. The third-order valence-electron chi connectivity index (χ3n) is 4.45. The van der Waals surface area contributed by atoms with Gasteiger partial charge in [-0.25, -0.2) is 4.39 Å². The Balaban J connectivity index is 0.00000243. The molecule has 2 N–H and O–H groups in total. The van der Waals surface area contributed by atoms with Crippen molar-refractivity contribution >= 4 is 23.2 Å². The van der Waals surface area contributed by atoms with Crippen molar-refractivity contribution in [1.29, 1.82) is 0 Å². The maximum absolute atomic E-state index is 12.9. The number of halogens is 2. The Labute approximate surface area is 160 Å². The van der Waals surface area contributed by atoms with Gasteiger partial charge < -0.3 is 10.5 Å². The molecule has 0 aliphatic rings. The summed E-state index contributed by atoms with van der Waals surface area (Å²) in [6.45, 7) is 1.41. The van der Waals surface area contributed by atoms with Crippen LogP contribution in [0.15, 0.2) is 66.7 Å². The van der Waals surface area contributed by atoms with Crippen molar-refractivity contribution in [3.63, 3.8) is 0 Å². The topological polar surface area (TPSA) is 35.2 Å². The summed E-state index contributed by atoms with van der Waals surface area (Å²) in [5.74, 6) is -0.229. The Morgan fingerprint density at radius 2 is 1.62 bits per heavy atom. The van der Waals surface area contributed by atoms with Crippen LogP contribution in [0.3, 0.4) is 0 Å². The molecular formula is C22H25ClFNO. The van der Waals surface area contributed by atoms with E-state index in [-0.39, 0.29) is 24.3 Å². The normalized spacial score (nSPS) is 11.9. The van der Waals surface area contributed by atoms with Gasteiger partial charge >= 0.3 is 0 Å². The third-order valence-corrected chi connectivity index (χ3v) is 4.45. The summed E-state index contributed by atoms with van der Waals surface area (Å²) in [7, 11) is 0. The van der Waals surface area contributed by atoms with E-state index < -0.39 is 0 Å². The summed E-state index contributed by atoms with van der Waals surface area (Å²) in [6.07, 6.45) is 2.65. The molecule has 2 nitrogen and oxygen atoms in total. The molecule has 0 saturated heterocycles. The minimum Gasteiger partial charge on any atom is -0.381 e. The Morgan fingerprint density at radius 1 is 0.885 bits per heavy atom. The number of benzene rings is 3. The molecule has 1 atom stereocenters. The van der Waals surface area contributed by atoms with Gasteiger partial charge in [-0.2, -0.15) is 0 Å². The van der Waals surface area contributed by atoms with Crippen molar-refractivity contribution < 1.29 is 9.13 Å². The van der Waals surface area contributed by atoms with Crippen LogP contribution < -0.4 is 5.73 Å². The Morgan fingerprint density at radius 3 is 2.38 bits per heavy atom. The number of rotatable bonds is 8. The molecule has 0 spiro atoms. The summed E-state index contributed by atoms with van der Waals surface area (Å²) in [6, 6.07) is 21.3. The maximum atomic E-state index is 12.9. The van der Waals surface area contributed by atoms with E-state index in [1.807, 2.05) is 0 Å². The summed E-state index contributed by atoms with van der Waals surface area (Å²) in [5.41, 5.74) is 8.39. The zero-order valence-electron chi connectivity index (χ0n) is 14.7. The van der Waals surface area contributed by atoms with Crippen molar-refractivity contribution in [3.8, 4) is 0 Å². The van der Waals surface area contributed by atoms with E-state index in [2.05, 4.69) is 42.5 Å². The Bertz CT molecular complexity index is 807. The van der Waals surface area contributed by atoms with Gasteiger partial charge in [0.25, 0.3) is 0 Å². The number of nitrogens with two attached hydrogens (primary N) is 1. The molecule has 0 heterocycles. The Kier molecular flexibility index (Phi) is 8.05. The van der Waals surface area contributed by atoms with Crippen molar-refractivity contribution in [2.75, 3.05) is 13.2 Å². The number of fused-ring (bicyclic) bond motifs is 1. The van der Waals surface area contributed by atoms with Crippen LogP contribution >= 0.6 is 12.4 Å². The predicted octanol–water partition coefficient (Wildman–Crippen LogP) is 5.44. The molecule has 3 rings (SSSR count). The van der Waals surface area contributed by atoms with Gasteiger partial charge in [0.2, 0.25) is 0 Å². The minimum absolute atomic E-state index is 0. The molecular weight excluding hydrogens is 349 g/mol. The van der Waals surface area contributed by atoms with Gasteiger partial charge in [-0.15, -0.1) is 12.4 Å². The molecule has 3 aromatic rings. The van der Waals surface area contributed by atoms with E-state index >= 15 is 0 Å². The first-order chi connectivity index (χ1) is 12.2. The van der Waals surface area contributed by atoms with Crippen LogP contribution in [0.5, 0.6) is 0 Å². The summed E-state index contributed by atoms with van der Waals surface area (Å²) in [5, 5.41) is 2.53. The van der Waals surface area contributed by atoms with Gasteiger partial charge in [0.05, 0.1) is 6.61 Å². The summed E-state index contributed by atoms with van der Waals surface area (Å²) >= 11 is 0. The molecule has 26 heavy (non-hydrogen) atoms. The van der Waals surface area contributed by atoms with E-state index in [1.54, 1.807) is 12.1 Å². The second kappa shape index (κ2) is 10.3. The standard InChI is InChI=1S/C22H24FNO.ClH/c23-21-11-9-19(10-12-21)22(24)6-3-14-25-15-13-17-7-8-18-4-1-2-5-20(18)16-17;/h1-2,4-5,7-12,16,22H,3,6,13-15,24H2;1H. The zero-order valence-corrected chi connectivity index (χ0v) is 15.6. The van der Waals surface area contributed by atoms with E-state index in [1.165, 1.54) is 28.5 Å². The number of hydrogen-bond acceptors (Lipinski definition) is 2. The van der Waals surface area contributed by atoms with Gasteiger partial charge in [-0.1, -0.05) is 54.6 Å². The molecule has 0 aliphatic heterocycles. The molecule has 0 bridgehead atoms. The third kappa shape index (κ3) is 5.80. The second-order valence-corrected chi connectivity index (χ2v) is 6.34. The van der Waals surface area contributed by atoms with Crippen LogP contribution in [0, 0.1) is 5.82 Å². The van der Waals surface area contributed by atoms with Crippen LogP contribution in [-0.2, 0) is 11.2 Å². The van der Waals surface area contributed by atoms with Crippen molar-refractivity contribution in [3.05, 3.63) is 83.7 Å². The molecule has 1 unspecified atom stereocenters. The molecule has 4 heteroatoms. The molecule has 0 radical (unpaired) electrons. The fourth-order valence-corrected chi connectivity index (χ4v) is 2.97. The maximum Gasteiger partial charge on any atom is 0.123 e. The van der Waals surface area contributed by atoms with E-state index in [0.717, 1.165) is 24.8 Å². The van der Waals surface area contributed by atoms with Crippen molar-refractivity contribution in [1.82, 2.24) is 0 Å². The highest BCUT2D eigenvalue weighted by Crippen LogP contribution is 2.17. The number of hydrogen-bond donors (Lipinski definition) is 1. The van der Waals surface area contributed by atoms with Gasteiger partial charge in [0.1, 0.15) is 5.82 Å². The van der Waals surface area contributed by atoms with Gasteiger partial charge in [0, 0.05) is 12.6 Å². The quantitative estimate of drug-likeness (QED) is 0.533. The first-order valence-electron chi connectivity index (χ1n) is 8.79. The second-order valence-electron chi connectivity index (χ2n) is 6.34. The first-order valence-corrected chi connectivity index (χ1v) is 8.79. The monoisotopic (exact) mass is 373 g/mol. The highest BCUT2D eigenvalue weighted by molar-refractivity contribution is 5.85. The lowest BCUT2D eigenvalue weighted by Crippen LogP contribution is -2.11. The summed E-state index contributed by atoms with van der Waals surface area (Å²) < 4.78 is 18.6. The van der Waals surface area contributed by atoms with Gasteiger partial charge in [-0.3, -0.25) is 0 Å². The molecule has 0 aliphatic carbocycles. The van der Waals surface area contributed by atoms with Crippen LogP contribution in [0.25, 0.3) is 10.8 Å². The zero-order chi connectivity index (χ0) is 17.5. The minimum atomic E-state index is -0.229. The van der Waals surface area contributed by atoms with E-state index in [9.17, 15) is 4.39 Å². The fourth-order valence-electron chi connectivity index (χ4n) is 2.97. The summed E-state index contributed by atoms with van der Waals surface area (Å²) in [4.78, 5) is 0. The largest absolute Gasteiger partial charge is 0.381 e. The predicted molar refractivity (Wildman–Crippen MR) is 108 cm³/mol. The highest BCUT2D eigenvalue weighted by atomic mass is 35.5. The van der Waals surface area contributed by atoms with Crippen LogP contribution in [0.4, 0.5) is 4.39 Å². The lowest BCUT2D eigenvalue weighted by Gasteiger charge is -2.12. The fraction of sp³-hybridized carbons (Fsp3) is 0.273. The molecule has 3 aromatic carbocycles. The number of ether oxygens (including phenoxy) is 1. The molecule has 0 amide bonds. The smallest absolute Gasteiger partial charge is 0.123 e. The lowest BCUT2D eigenvalue weighted by molar-refractivity contribution is 0.132. The lowest BCUT2D eigenvalue weighted by atomic mass is 10.0. The van der Waals surface area contributed by atoms with Gasteiger partial charge in [0.15, 0.2) is 0 Å². The SMILES string of the molecule is Cl.NC(CCCOCCc1ccc2ccccc2c1)c1ccc(F)cc1. The van der Waals surface area contributed by atoms with Crippen LogP contribution in [0.1, 0.15) is 30.0 Å². The molecule has 0 fully saturated rings. The Hall–Kier alpha value is -1.94. The molecule has 0 aromatic heterocycles. The van der Waals surface area contributed by atoms with Crippen LogP contribution in [0.2, 0.25) is 0 Å². The van der Waals surface area contributed by atoms with E-state index in [0.29, 0.717) is 13.2 Å². The van der Waals surface area contributed by atoms with Crippen LogP contribution in [-0.4, -0.2) is 13.2 Å². The van der Waals surface area contributed by atoms with Gasteiger partial charge in [-0.05, 0) is 53.3 Å². The molecule has 0 saturated carbocycles. The van der Waals surface area contributed by atoms with E-state index in [4.69, 9.17) is 10.5 Å². The van der Waals surface area contributed by atoms with Crippen molar-refractivity contribution in [2.45, 2.75) is 25.3 Å². The van der Waals surface area contributed by atoms with Crippen molar-refractivity contribution in [2.24, 2.45) is 5.73 Å². The average Bonchev–Trinajstić information content (AvgIpc) is 2.65. The molecule has 138 valence electrons. The highest BCUT2D eigenvalue weighted by Gasteiger charge is 2.05.